The Hall–Kier alpha value is -2.57. The zero-order chi connectivity index (χ0) is 16.7. The monoisotopic (exact) mass is 321 g/mol. The number of carbonyl (C=O) groups is 3. The lowest BCUT2D eigenvalue weighted by Gasteiger charge is -2.09. The molecule has 7 nitrogen and oxygen atoms in total. The van der Waals surface area contributed by atoms with Crippen LogP contribution in [0, 0.1) is 0 Å². The number of hydrogen-bond acceptors (Lipinski definition) is 6. The van der Waals surface area contributed by atoms with Crippen molar-refractivity contribution in [1.29, 1.82) is 0 Å². The zero-order valence-corrected chi connectivity index (χ0v) is 12.9. The molecular weight excluding hydrogens is 302 g/mol. The Morgan fingerprint density at radius 1 is 1.13 bits per heavy atom. The number of Topliss-reactive ketones (excluding diaryl/α,β-unsaturated/α-hetero) is 1. The summed E-state index contributed by atoms with van der Waals surface area (Å²) in [5, 5.41) is 2.34. The van der Waals surface area contributed by atoms with E-state index in [1.807, 2.05) is 0 Å². The fraction of sp³-hybridized carbons (Fsp3) is 0.438. The summed E-state index contributed by atoms with van der Waals surface area (Å²) >= 11 is 0. The summed E-state index contributed by atoms with van der Waals surface area (Å²) in [6.45, 7) is 0.779. The molecule has 0 aliphatic carbocycles. The predicted molar refractivity (Wildman–Crippen MR) is 80.6 cm³/mol. The van der Waals surface area contributed by atoms with Crippen molar-refractivity contribution in [2.24, 2.45) is 0 Å². The molecule has 1 aromatic carbocycles. The molecule has 23 heavy (non-hydrogen) atoms. The number of nitrogens with one attached hydrogen (secondary N) is 1. The highest BCUT2D eigenvalue weighted by atomic mass is 16.5. The van der Waals surface area contributed by atoms with E-state index in [4.69, 9.17) is 14.2 Å². The van der Waals surface area contributed by atoms with E-state index < -0.39 is 11.9 Å². The van der Waals surface area contributed by atoms with Gasteiger partial charge in [-0.15, -0.1) is 0 Å². The molecule has 0 fully saturated rings. The Balaban J connectivity index is 1.87. The number of benzene rings is 1. The Morgan fingerprint density at radius 3 is 2.61 bits per heavy atom. The molecular formula is C16H19NO6. The van der Waals surface area contributed by atoms with E-state index in [1.165, 1.54) is 7.05 Å². The maximum absolute atomic E-state index is 12.1. The minimum atomic E-state index is -0.587. The minimum absolute atomic E-state index is 0.00617. The average Bonchev–Trinajstić information content (AvgIpc) is 2.81. The van der Waals surface area contributed by atoms with Crippen LogP contribution < -0.4 is 14.8 Å². The standard InChI is InChI=1S/C16H19NO6/c1-17-15(19)10-23-16(20)6-4-12(18)11-3-5-13-14(9-11)22-8-2-7-21-13/h3,5,9H,2,4,6-8,10H2,1H3,(H,17,19). The van der Waals surface area contributed by atoms with E-state index in [2.05, 4.69) is 5.32 Å². The summed E-state index contributed by atoms with van der Waals surface area (Å²) in [4.78, 5) is 34.6. The maximum atomic E-state index is 12.1. The van der Waals surface area contributed by atoms with Gasteiger partial charge in [0.2, 0.25) is 0 Å². The molecule has 124 valence electrons. The third-order valence-electron chi connectivity index (χ3n) is 3.27. The molecule has 0 bridgehead atoms. The van der Waals surface area contributed by atoms with Crippen molar-refractivity contribution in [1.82, 2.24) is 5.32 Å². The number of esters is 1. The zero-order valence-electron chi connectivity index (χ0n) is 12.9. The first-order valence-electron chi connectivity index (χ1n) is 7.39. The van der Waals surface area contributed by atoms with Gasteiger partial charge in [0.05, 0.1) is 19.6 Å². The summed E-state index contributed by atoms with van der Waals surface area (Å²) in [5.41, 5.74) is 0.452. The Morgan fingerprint density at radius 2 is 1.87 bits per heavy atom. The quantitative estimate of drug-likeness (QED) is 0.623. The Kier molecular flexibility index (Phi) is 5.96. The van der Waals surface area contributed by atoms with Crippen molar-refractivity contribution in [3.63, 3.8) is 0 Å². The fourth-order valence-corrected chi connectivity index (χ4v) is 1.99. The lowest BCUT2D eigenvalue weighted by molar-refractivity contribution is -0.148. The van der Waals surface area contributed by atoms with Gasteiger partial charge in [-0.2, -0.15) is 0 Å². The number of rotatable bonds is 6. The van der Waals surface area contributed by atoms with E-state index in [0.29, 0.717) is 30.3 Å². The highest BCUT2D eigenvalue weighted by Crippen LogP contribution is 2.30. The molecule has 0 spiro atoms. The van der Waals surface area contributed by atoms with Gasteiger partial charge in [0.25, 0.3) is 5.91 Å². The second-order valence-electron chi connectivity index (χ2n) is 4.97. The van der Waals surface area contributed by atoms with E-state index >= 15 is 0 Å². The van der Waals surface area contributed by atoms with Gasteiger partial charge < -0.3 is 19.5 Å². The first-order valence-corrected chi connectivity index (χ1v) is 7.39. The third-order valence-corrected chi connectivity index (χ3v) is 3.27. The minimum Gasteiger partial charge on any atom is -0.490 e. The highest BCUT2D eigenvalue weighted by Gasteiger charge is 2.15. The summed E-state index contributed by atoms with van der Waals surface area (Å²) < 4.78 is 15.8. The van der Waals surface area contributed by atoms with Gasteiger partial charge in [0, 0.05) is 25.5 Å². The molecule has 1 aliphatic heterocycles. The van der Waals surface area contributed by atoms with Crippen molar-refractivity contribution in [3.8, 4) is 11.5 Å². The largest absolute Gasteiger partial charge is 0.490 e. The average molecular weight is 321 g/mol. The van der Waals surface area contributed by atoms with Crippen molar-refractivity contribution in [2.45, 2.75) is 19.3 Å². The number of carbonyl (C=O) groups excluding carboxylic acids is 3. The number of hydrogen-bond donors (Lipinski definition) is 1. The second-order valence-corrected chi connectivity index (χ2v) is 4.97. The first-order chi connectivity index (χ1) is 11.1. The molecule has 7 heteroatoms. The Labute approximate surface area is 133 Å². The van der Waals surface area contributed by atoms with Crippen LogP contribution in [0.5, 0.6) is 11.5 Å². The molecule has 0 aromatic heterocycles. The summed E-state index contributed by atoms with van der Waals surface area (Å²) in [6, 6.07) is 4.96. The molecule has 0 atom stereocenters. The number of likely N-dealkylation sites (N-methyl/N-ethyl adjacent to an activating group) is 1. The molecule has 1 heterocycles. The van der Waals surface area contributed by atoms with Crippen LogP contribution in [0.1, 0.15) is 29.6 Å². The molecule has 0 unspecified atom stereocenters. The van der Waals surface area contributed by atoms with E-state index in [-0.39, 0.29) is 25.2 Å². The van der Waals surface area contributed by atoms with Gasteiger partial charge in [-0.25, -0.2) is 0 Å². The molecule has 1 N–H and O–H groups in total. The fourth-order valence-electron chi connectivity index (χ4n) is 1.99. The lowest BCUT2D eigenvalue weighted by Crippen LogP contribution is -2.25. The van der Waals surface area contributed by atoms with Gasteiger partial charge in [0.1, 0.15) is 0 Å². The van der Waals surface area contributed by atoms with Crippen molar-refractivity contribution in [2.75, 3.05) is 26.9 Å². The van der Waals surface area contributed by atoms with Crippen LogP contribution in [0.2, 0.25) is 0 Å². The Bertz CT molecular complexity index is 598. The smallest absolute Gasteiger partial charge is 0.306 e. The predicted octanol–water partition coefficient (Wildman–Crippen LogP) is 1.10. The summed E-state index contributed by atoms with van der Waals surface area (Å²) in [7, 11) is 1.45. The number of fused-ring (bicyclic) bond motifs is 1. The molecule has 1 amide bonds. The van der Waals surface area contributed by atoms with Crippen molar-refractivity contribution < 1.29 is 28.6 Å². The van der Waals surface area contributed by atoms with Gasteiger partial charge >= 0.3 is 5.97 Å². The molecule has 0 saturated heterocycles. The van der Waals surface area contributed by atoms with Crippen LogP contribution in [0.3, 0.4) is 0 Å². The van der Waals surface area contributed by atoms with E-state index in [0.717, 1.165) is 6.42 Å². The second kappa shape index (κ2) is 8.17. The van der Waals surface area contributed by atoms with Gasteiger partial charge in [-0.1, -0.05) is 0 Å². The van der Waals surface area contributed by atoms with Gasteiger partial charge in [0.15, 0.2) is 23.9 Å². The summed E-state index contributed by atoms with van der Waals surface area (Å²) in [6.07, 6.45) is 0.714. The number of ketones is 1. The topological polar surface area (TPSA) is 90.9 Å². The molecule has 1 aliphatic rings. The molecule has 1 aromatic rings. The number of ether oxygens (including phenoxy) is 3. The lowest BCUT2D eigenvalue weighted by atomic mass is 10.1. The van der Waals surface area contributed by atoms with E-state index in [1.54, 1.807) is 18.2 Å². The molecule has 0 saturated carbocycles. The molecule has 2 rings (SSSR count). The van der Waals surface area contributed by atoms with Crippen LogP contribution in [0.15, 0.2) is 18.2 Å². The SMILES string of the molecule is CNC(=O)COC(=O)CCC(=O)c1ccc2c(c1)OCCCO2. The number of amides is 1. The van der Waals surface area contributed by atoms with Crippen molar-refractivity contribution in [3.05, 3.63) is 23.8 Å². The van der Waals surface area contributed by atoms with Gasteiger partial charge in [-0.05, 0) is 18.2 Å². The van der Waals surface area contributed by atoms with E-state index in [9.17, 15) is 14.4 Å². The van der Waals surface area contributed by atoms with Crippen LogP contribution in [0.4, 0.5) is 0 Å². The maximum Gasteiger partial charge on any atom is 0.306 e. The normalized spacial score (nSPS) is 12.9. The highest BCUT2D eigenvalue weighted by molar-refractivity contribution is 5.98. The summed E-state index contributed by atoms with van der Waals surface area (Å²) in [5.74, 6) is -0.0269. The van der Waals surface area contributed by atoms with Gasteiger partial charge in [-0.3, -0.25) is 14.4 Å². The third kappa shape index (κ3) is 4.98. The first kappa shape index (κ1) is 16.8. The van der Waals surface area contributed by atoms with Crippen molar-refractivity contribution >= 4 is 17.7 Å². The van der Waals surface area contributed by atoms with Crippen LogP contribution >= 0.6 is 0 Å². The van der Waals surface area contributed by atoms with Crippen LogP contribution in [-0.2, 0) is 14.3 Å². The van der Waals surface area contributed by atoms with Crippen LogP contribution in [0.25, 0.3) is 0 Å². The van der Waals surface area contributed by atoms with Crippen LogP contribution in [-0.4, -0.2) is 44.5 Å². The molecule has 0 radical (unpaired) electrons.